The molecule has 0 amide bonds. The number of rotatable bonds is 3. The van der Waals surface area contributed by atoms with E-state index < -0.39 is 0 Å². The van der Waals surface area contributed by atoms with Crippen molar-refractivity contribution in [2.45, 2.75) is 13.8 Å². The lowest BCUT2D eigenvalue weighted by molar-refractivity contribution is 0.865. The first kappa shape index (κ1) is 9.64. The quantitative estimate of drug-likeness (QED) is 0.730. The summed E-state index contributed by atoms with van der Waals surface area (Å²) in [6.45, 7) is 6.07. The molecule has 4 nitrogen and oxygen atoms in total. The summed E-state index contributed by atoms with van der Waals surface area (Å²) in [6.07, 6.45) is 0. The Labute approximate surface area is 78.6 Å². The van der Waals surface area contributed by atoms with Crippen molar-refractivity contribution in [1.82, 2.24) is 4.98 Å². The van der Waals surface area contributed by atoms with Crippen molar-refractivity contribution in [1.29, 1.82) is 0 Å². The van der Waals surface area contributed by atoms with E-state index in [0.29, 0.717) is 11.6 Å². The Hall–Kier alpha value is -1.45. The standard InChI is InChI=1S/C9H16N4/c1-3-13(4-2)7-5-8(10)12-9(11)6-7/h5-6H,3-4H2,1-2H3,(H4,10,11,12). The summed E-state index contributed by atoms with van der Waals surface area (Å²) in [6, 6.07) is 3.67. The van der Waals surface area contributed by atoms with Crippen LogP contribution in [0, 0.1) is 0 Å². The average molecular weight is 180 g/mol. The second kappa shape index (κ2) is 3.98. The minimum Gasteiger partial charge on any atom is -0.384 e. The van der Waals surface area contributed by atoms with Gasteiger partial charge in [-0.1, -0.05) is 0 Å². The van der Waals surface area contributed by atoms with Gasteiger partial charge in [-0.05, 0) is 13.8 Å². The molecule has 4 N–H and O–H groups in total. The van der Waals surface area contributed by atoms with Gasteiger partial charge in [0.15, 0.2) is 0 Å². The van der Waals surface area contributed by atoms with Crippen molar-refractivity contribution in [3.05, 3.63) is 12.1 Å². The molecule has 0 saturated heterocycles. The molecule has 13 heavy (non-hydrogen) atoms. The van der Waals surface area contributed by atoms with E-state index in [9.17, 15) is 0 Å². The highest BCUT2D eigenvalue weighted by atomic mass is 15.1. The molecule has 0 aliphatic heterocycles. The molecule has 1 aromatic rings. The molecule has 72 valence electrons. The molecule has 1 rings (SSSR count). The number of nitrogens with zero attached hydrogens (tertiary/aromatic N) is 2. The van der Waals surface area contributed by atoms with Crippen LogP contribution in [0.3, 0.4) is 0 Å². The van der Waals surface area contributed by atoms with Crippen molar-refractivity contribution in [3.63, 3.8) is 0 Å². The van der Waals surface area contributed by atoms with Crippen LogP contribution in [0.15, 0.2) is 12.1 Å². The molecule has 4 heteroatoms. The van der Waals surface area contributed by atoms with E-state index in [1.807, 2.05) is 12.1 Å². The third-order valence-electron chi connectivity index (χ3n) is 1.98. The van der Waals surface area contributed by atoms with Gasteiger partial charge in [0.2, 0.25) is 0 Å². The van der Waals surface area contributed by atoms with Crippen LogP contribution in [0.2, 0.25) is 0 Å². The number of hydrogen-bond acceptors (Lipinski definition) is 4. The maximum Gasteiger partial charge on any atom is 0.127 e. The first-order chi connectivity index (χ1) is 6.17. The molecule has 0 fully saturated rings. The van der Waals surface area contributed by atoms with Gasteiger partial charge in [-0.2, -0.15) is 0 Å². The van der Waals surface area contributed by atoms with E-state index in [1.54, 1.807) is 0 Å². The van der Waals surface area contributed by atoms with Crippen molar-refractivity contribution >= 4 is 17.3 Å². The van der Waals surface area contributed by atoms with Gasteiger partial charge in [0.05, 0.1) is 0 Å². The molecule has 0 bridgehead atoms. The molecular weight excluding hydrogens is 164 g/mol. The van der Waals surface area contributed by atoms with Gasteiger partial charge >= 0.3 is 0 Å². The van der Waals surface area contributed by atoms with Crippen molar-refractivity contribution in [2.75, 3.05) is 29.5 Å². The van der Waals surface area contributed by atoms with Crippen LogP contribution in [-0.4, -0.2) is 18.1 Å². The van der Waals surface area contributed by atoms with Gasteiger partial charge in [0.1, 0.15) is 11.6 Å². The molecule has 1 aromatic heterocycles. The van der Waals surface area contributed by atoms with E-state index in [2.05, 4.69) is 23.7 Å². The fraction of sp³-hybridized carbons (Fsp3) is 0.444. The first-order valence-electron chi connectivity index (χ1n) is 4.45. The third-order valence-corrected chi connectivity index (χ3v) is 1.98. The lowest BCUT2D eigenvalue weighted by Crippen LogP contribution is -2.22. The zero-order valence-electron chi connectivity index (χ0n) is 8.12. The van der Waals surface area contributed by atoms with Crippen LogP contribution in [0.4, 0.5) is 17.3 Å². The van der Waals surface area contributed by atoms with Crippen LogP contribution in [0.5, 0.6) is 0 Å². The smallest absolute Gasteiger partial charge is 0.127 e. The fourth-order valence-electron chi connectivity index (χ4n) is 1.33. The molecule has 1 heterocycles. The minimum absolute atomic E-state index is 0.474. The molecule has 0 aliphatic carbocycles. The summed E-state index contributed by atoms with van der Waals surface area (Å²) in [7, 11) is 0. The maximum absolute atomic E-state index is 5.59. The highest BCUT2D eigenvalue weighted by Crippen LogP contribution is 2.18. The predicted octanol–water partition coefficient (Wildman–Crippen LogP) is 1.09. The van der Waals surface area contributed by atoms with E-state index in [4.69, 9.17) is 11.5 Å². The zero-order valence-corrected chi connectivity index (χ0v) is 8.12. The molecule has 0 aliphatic rings. The third kappa shape index (κ3) is 2.24. The molecule has 0 saturated carbocycles. The summed E-state index contributed by atoms with van der Waals surface area (Å²) in [5.74, 6) is 0.948. The minimum atomic E-state index is 0.474. The van der Waals surface area contributed by atoms with Crippen LogP contribution in [0.1, 0.15) is 13.8 Å². The monoisotopic (exact) mass is 180 g/mol. The van der Waals surface area contributed by atoms with Crippen LogP contribution in [-0.2, 0) is 0 Å². The molecule has 0 radical (unpaired) electrons. The fourth-order valence-corrected chi connectivity index (χ4v) is 1.33. The molecule has 0 unspecified atom stereocenters. The van der Waals surface area contributed by atoms with Crippen LogP contribution in [0.25, 0.3) is 0 Å². The SMILES string of the molecule is CCN(CC)c1cc(N)nc(N)c1. The lowest BCUT2D eigenvalue weighted by atomic mass is 10.3. The zero-order chi connectivity index (χ0) is 9.84. The highest BCUT2D eigenvalue weighted by Gasteiger charge is 2.03. The predicted molar refractivity (Wildman–Crippen MR) is 56.6 cm³/mol. The summed E-state index contributed by atoms with van der Waals surface area (Å²) < 4.78 is 0. The first-order valence-corrected chi connectivity index (χ1v) is 4.45. The summed E-state index contributed by atoms with van der Waals surface area (Å²) in [4.78, 5) is 6.09. The second-order valence-electron chi connectivity index (χ2n) is 2.85. The van der Waals surface area contributed by atoms with Gasteiger partial charge in [-0.15, -0.1) is 0 Å². The van der Waals surface area contributed by atoms with Gasteiger partial charge in [-0.25, -0.2) is 4.98 Å². The Balaban J connectivity index is 2.99. The van der Waals surface area contributed by atoms with Gasteiger partial charge in [-0.3, -0.25) is 0 Å². The number of anilines is 3. The normalized spacial score (nSPS) is 10.0. The summed E-state index contributed by atoms with van der Waals surface area (Å²) in [5.41, 5.74) is 12.2. The second-order valence-corrected chi connectivity index (χ2v) is 2.85. The number of nitrogen functional groups attached to an aromatic ring is 2. The van der Waals surface area contributed by atoms with Crippen LogP contribution >= 0.6 is 0 Å². The van der Waals surface area contributed by atoms with E-state index in [-0.39, 0.29) is 0 Å². The lowest BCUT2D eigenvalue weighted by Gasteiger charge is -2.21. The van der Waals surface area contributed by atoms with E-state index in [1.165, 1.54) is 0 Å². The number of pyridine rings is 1. The van der Waals surface area contributed by atoms with Crippen molar-refractivity contribution in [3.8, 4) is 0 Å². The number of nitrogens with two attached hydrogens (primary N) is 2. The van der Waals surface area contributed by atoms with Crippen LogP contribution < -0.4 is 16.4 Å². The maximum atomic E-state index is 5.59. The molecular formula is C9H16N4. The number of hydrogen-bond donors (Lipinski definition) is 2. The largest absolute Gasteiger partial charge is 0.384 e. The average Bonchev–Trinajstić information content (AvgIpc) is 2.04. The highest BCUT2D eigenvalue weighted by molar-refractivity contribution is 5.58. The Bertz CT molecular complexity index is 261. The van der Waals surface area contributed by atoms with Crippen molar-refractivity contribution in [2.24, 2.45) is 0 Å². The van der Waals surface area contributed by atoms with Gasteiger partial charge in [0, 0.05) is 30.9 Å². The molecule has 0 spiro atoms. The van der Waals surface area contributed by atoms with Gasteiger partial charge in [0.25, 0.3) is 0 Å². The Morgan fingerprint density at radius 2 is 1.62 bits per heavy atom. The topological polar surface area (TPSA) is 68.2 Å². The molecule has 0 atom stereocenters. The van der Waals surface area contributed by atoms with Gasteiger partial charge < -0.3 is 16.4 Å². The Morgan fingerprint density at radius 1 is 1.15 bits per heavy atom. The Morgan fingerprint density at radius 3 is 2.00 bits per heavy atom. The van der Waals surface area contributed by atoms with E-state index >= 15 is 0 Å². The summed E-state index contributed by atoms with van der Waals surface area (Å²) in [5, 5.41) is 0. The Kier molecular flexibility index (Phi) is 2.95. The van der Waals surface area contributed by atoms with E-state index in [0.717, 1.165) is 18.8 Å². The number of aromatic nitrogens is 1. The van der Waals surface area contributed by atoms with Crippen molar-refractivity contribution < 1.29 is 0 Å². The molecule has 0 aromatic carbocycles. The summed E-state index contributed by atoms with van der Waals surface area (Å²) >= 11 is 0.